The standard InChI is InChI=1S/C26H28ClN3O2/c1-26(25(32)28-21-11-3-2-4-12-21)17-29-22-13-6-5-9-19(22)15-23(29)24(31)30(26)16-18-8-7-10-20(27)14-18/h5-10,13-15,21H,2-4,11-12,16-17H2,1H3,(H,28,32)/t26-/m0/s1. The molecule has 1 saturated carbocycles. The van der Waals surface area contributed by atoms with Gasteiger partial charge in [-0.3, -0.25) is 9.59 Å². The van der Waals surface area contributed by atoms with Crippen molar-refractivity contribution in [3.05, 3.63) is 70.9 Å². The van der Waals surface area contributed by atoms with Crippen LogP contribution in [0.1, 0.15) is 55.1 Å². The first-order chi connectivity index (χ1) is 15.5. The SMILES string of the molecule is C[C@@]1(C(=O)NC2CCCCC2)Cn2c(cc3ccccc32)C(=O)N1Cc1cccc(Cl)c1. The van der Waals surface area contributed by atoms with Crippen molar-refractivity contribution in [3.8, 4) is 0 Å². The summed E-state index contributed by atoms with van der Waals surface area (Å²) >= 11 is 6.21. The number of hydrogen-bond donors (Lipinski definition) is 1. The van der Waals surface area contributed by atoms with E-state index in [1.54, 1.807) is 4.90 Å². The highest BCUT2D eigenvalue weighted by Gasteiger charge is 2.48. The Morgan fingerprint density at radius 2 is 1.88 bits per heavy atom. The molecule has 1 N–H and O–H groups in total. The third-order valence-corrected chi connectivity index (χ3v) is 7.23. The second kappa shape index (κ2) is 8.28. The monoisotopic (exact) mass is 449 g/mol. The van der Waals surface area contributed by atoms with Crippen LogP contribution in [0, 0.1) is 0 Å². The normalized spacial score (nSPS) is 21.6. The summed E-state index contributed by atoms with van der Waals surface area (Å²) < 4.78 is 2.01. The van der Waals surface area contributed by atoms with Crippen molar-refractivity contribution in [2.45, 2.75) is 63.7 Å². The number of para-hydroxylation sites is 1. The lowest BCUT2D eigenvalue weighted by Crippen LogP contribution is -2.64. The van der Waals surface area contributed by atoms with Crippen molar-refractivity contribution < 1.29 is 9.59 Å². The summed E-state index contributed by atoms with van der Waals surface area (Å²) in [6, 6.07) is 17.6. The zero-order valence-electron chi connectivity index (χ0n) is 18.3. The van der Waals surface area contributed by atoms with E-state index in [4.69, 9.17) is 11.6 Å². The second-order valence-electron chi connectivity index (χ2n) is 9.28. The van der Waals surface area contributed by atoms with Gasteiger partial charge in [-0.1, -0.05) is 61.2 Å². The number of aromatic nitrogens is 1. The highest BCUT2D eigenvalue weighted by atomic mass is 35.5. The lowest BCUT2D eigenvalue weighted by atomic mass is 9.91. The van der Waals surface area contributed by atoms with Gasteiger partial charge in [-0.05, 0) is 49.6 Å². The largest absolute Gasteiger partial charge is 0.351 e. The minimum absolute atomic E-state index is 0.0804. The number of carbonyl (C=O) groups excluding carboxylic acids is 2. The van der Waals surface area contributed by atoms with Gasteiger partial charge in [0.2, 0.25) is 5.91 Å². The first-order valence-electron chi connectivity index (χ1n) is 11.4. The summed E-state index contributed by atoms with van der Waals surface area (Å²) in [4.78, 5) is 29.2. The van der Waals surface area contributed by atoms with Crippen molar-refractivity contribution in [2.24, 2.45) is 0 Å². The predicted octanol–water partition coefficient (Wildman–Crippen LogP) is 5.16. The molecule has 3 aromatic rings. The van der Waals surface area contributed by atoms with Gasteiger partial charge in [0, 0.05) is 28.5 Å². The number of nitrogens with one attached hydrogen (secondary N) is 1. The maximum atomic E-state index is 13.8. The Morgan fingerprint density at radius 1 is 1.09 bits per heavy atom. The van der Waals surface area contributed by atoms with Gasteiger partial charge in [-0.2, -0.15) is 0 Å². The van der Waals surface area contributed by atoms with E-state index < -0.39 is 5.54 Å². The molecule has 0 radical (unpaired) electrons. The van der Waals surface area contributed by atoms with Gasteiger partial charge in [-0.25, -0.2) is 0 Å². The van der Waals surface area contributed by atoms with Crippen LogP contribution in [0.3, 0.4) is 0 Å². The van der Waals surface area contributed by atoms with E-state index in [-0.39, 0.29) is 17.9 Å². The third-order valence-electron chi connectivity index (χ3n) is 7.00. The molecule has 0 saturated heterocycles. The number of nitrogens with zero attached hydrogens (tertiary/aromatic N) is 2. The molecule has 32 heavy (non-hydrogen) atoms. The van der Waals surface area contributed by atoms with E-state index in [0.717, 1.165) is 42.1 Å². The molecule has 5 rings (SSSR count). The molecule has 1 aliphatic heterocycles. The topological polar surface area (TPSA) is 54.3 Å². The van der Waals surface area contributed by atoms with E-state index in [1.165, 1.54) is 6.42 Å². The predicted molar refractivity (Wildman–Crippen MR) is 127 cm³/mol. The van der Waals surface area contributed by atoms with Crippen molar-refractivity contribution >= 4 is 34.3 Å². The number of benzene rings is 2. The smallest absolute Gasteiger partial charge is 0.271 e. The highest BCUT2D eigenvalue weighted by molar-refractivity contribution is 6.30. The Morgan fingerprint density at radius 3 is 2.66 bits per heavy atom. The number of rotatable bonds is 4. The second-order valence-corrected chi connectivity index (χ2v) is 9.71. The molecule has 1 aliphatic carbocycles. The Bertz CT molecular complexity index is 1180. The zero-order chi connectivity index (χ0) is 22.3. The summed E-state index contributed by atoms with van der Waals surface area (Å²) in [6.45, 7) is 2.64. The molecule has 1 fully saturated rings. The fourth-order valence-corrected chi connectivity index (χ4v) is 5.37. The van der Waals surface area contributed by atoms with Crippen LogP contribution in [0.25, 0.3) is 10.9 Å². The molecule has 1 aromatic heterocycles. The van der Waals surface area contributed by atoms with Crippen molar-refractivity contribution in [2.75, 3.05) is 0 Å². The first kappa shape index (κ1) is 21.1. The molecule has 2 aromatic carbocycles. The fraction of sp³-hybridized carbons (Fsp3) is 0.385. The van der Waals surface area contributed by atoms with E-state index >= 15 is 0 Å². The van der Waals surface area contributed by atoms with Gasteiger partial charge in [-0.15, -0.1) is 0 Å². The molecule has 1 atom stereocenters. The minimum atomic E-state index is -1.01. The van der Waals surface area contributed by atoms with Gasteiger partial charge in [0.05, 0.1) is 6.54 Å². The number of carbonyl (C=O) groups is 2. The molecule has 0 bridgehead atoms. The summed E-state index contributed by atoms with van der Waals surface area (Å²) in [6.07, 6.45) is 5.50. The lowest BCUT2D eigenvalue weighted by molar-refractivity contribution is -0.134. The maximum absolute atomic E-state index is 13.8. The molecule has 6 heteroatoms. The summed E-state index contributed by atoms with van der Waals surface area (Å²) in [5.41, 5.74) is 1.50. The molecule has 5 nitrogen and oxygen atoms in total. The van der Waals surface area contributed by atoms with E-state index in [0.29, 0.717) is 23.8 Å². The van der Waals surface area contributed by atoms with Gasteiger partial charge in [0.1, 0.15) is 11.2 Å². The Labute approximate surface area is 193 Å². The van der Waals surface area contributed by atoms with Gasteiger partial charge in [0.15, 0.2) is 0 Å². The van der Waals surface area contributed by atoms with Gasteiger partial charge in [0.25, 0.3) is 5.91 Å². The van der Waals surface area contributed by atoms with Crippen molar-refractivity contribution in [1.29, 1.82) is 0 Å². The minimum Gasteiger partial charge on any atom is -0.351 e. The Hall–Kier alpha value is -2.79. The van der Waals surface area contributed by atoms with Gasteiger partial charge >= 0.3 is 0 Å². The summed E-state index contributed by atoms with van der Waals surface area (Å²) in [7, 11) is 0. The molecule has 0 spiro atoms. The summed E-state index contributed by atoms with van der Waals surface area (Å²) in [5.74, 6) is -0.211. The highest BCUT2D eigenvalue weighted by Crippen LogP contribution is 2.34. The zero-order valence-corrected chi connectivity index (χ0v) is 19.1. The Balaban J connectivity index is 1.55. The van der Waals surface area contributed by atoms with Crippen molar-refractivity contribution in [3.63, 3.8) is 0 Å². The number of amides is 2. The molecule has 2 heterocycles. The van der Waals surface area contributed by atoms with E-state index in [1.807, 2.05) is 66.1 Å². The van der Waals surface area contributed by atoms with Crippen LogP contribution in [0.5, 0.6) is 0 Å². The molecular weight excluding hydrogens is 422 g/mol. The molecule has 166 valence electrons. The molecule has 2 amide bonds. The number of fused-ring (bicyclic) bond motifs is 3. The van der Waals surface area contributed by atoms with Crippen LogP contribution in [-0.4, -0.2) is 32.9 Å². The maximum Gasteiger partial charge on any atom is 0.271 e. The molecule has 2 aliphatic rings. The lowest BCUT2D eigenvalue weighted by Gasteiger charge is -2.45. The number of halogens is 1. The quantitative estimate of drug-likeness (QED) is 0.598. The van der Waals surface area contributed by atoms with Crippen LogP contribution < -0.4 is 5.32 Å². The Kier molecular flexibility index (Phi) is 5.46. The summed E-state index contributed by atoms with van der Waals surface area (Å²) in [5, 5.41) is 4.91. The first-order valence-corrected chi connectivity index (χ1v) is 11.8. The molecule has 0 unspecified atom stereocenters. The fourth-order valence-electron chi connectivity index (χ4n) is 5.16. The average Bonchev–Trinajstić information content (AvgIpc) is 3.16. The van der Waals surface area contributed by atoms with Crippen LogP contribution in [0.15, 0.2) is 54.6 Å². The van der Waals surface area contributed by atoms with Crippen LogP contribution in [-0.2, 0) is 17.9 Å². The third kappa shape index (κ3) is 3.69. The van der Waals surface area contributed by atoms with Gasteiger partial charge < -0.3 is 14.8 Å². The van der Waals surface area contributed by atoms with Crippen molar-refractivity contribution in [1.82, 2.24) is 14.8 Å². The van der Waals surface area contributed by atoms with E-state index in [2.05, 4.69) is 5.32 Å². The van der Waals surface area contributed by atoms with Crippen LogP contribution >= 0.6 is 11.6 Å². The average molecular weight is 450 g/mol. The number of hydrogen-bond acceptors (Lipinski definition) is 2. The van der Waals surface area contributed by atoms with E-state index in [9.17, 15) is 9.59 Å². The van der Waals surface area contributed by atoms with Crippen LogP contribution in [0.2, 0.25) is 5.02 Å². The molecular formula is C26H28ClN3O2. The van der Waals surface area contributed by atoms with Crippen LogP contribution in [0.4, 0.5) is 0 Å².